The number of halogens is 3. The Kier molecular flexibility index (Phi) is 9.33. The second kappa shape index (κ2) is 13.1. The summed E-state index contributed by atoms with van der Waals surface area (Å²) in [5, 5.41) is 3.02. The van der Waals surface area contributed by atoms with Crippen LogP contribution in [-0.2, 0) is 20.5 Å². The fourth-order valence-corrected chi connectivity index (χ4v) is 6.37. The van der Waals surface area contributed by atoms with Crippen LogP contribution in [0.3, 0.4) is 0 Å². The summed E-state index contributed by atoms with van der Waals surface area (Å²) in [5.74, 6) is -1.54. The number of anilines is 1. The molecule has 7 nitrogen and oxygen atoms in total. The normalized spacial score (nSPS) is 24.8. The third-order valence-electron chi connectivity index (χ3n) is 8.51. The van der Waals surface area contributed by atoms with E-state index >= 15 is 0 Å². The van der Waals surface area contributed by atoms with E-state index in [4.69, 9.17) is 10.5 Å². The molecule has 1 heterocycles. The number of nitrogens with two attached hydrogens (primary N) is 1. The van der Waals surface area contributed by atoms with Crippen LogP contribution in [0, 0.1) is 23.7 Å². The van der Waals surface area contributed by atoms with Crippen LogP contribution in [0.2, 0.25) is 0 Å². The van der Waals surface area contributed by atoms with Gasteiger partial charge in [0.15, 0.2) is 0 Å². The van der Waals surface area contributed by atoms with Crippen LogP contribution in [-0.4, -0.2) is 68.7 Å². The number of amides is 2. The summed E-state index contributed by atoms with van der Waals surface area (Å²) in [6.45, 7) is 3.61. The van der Waals surface area contributed by atoms with Crippen molar-refractivity contribution in [1.29, 1.82) is 0 Å². The first-order valence-corrected chi connectivity index (χ1v) is 14.4. The highest BCUT2D eigenvalue weighted by molar-refractivity contribution is 5.89. The SMILES string of the molecule is NC(=O)C1C(C(=O)NCC(CN2CCN(c3cccc(C(F)(F)F)c3)CC2)OCC=Cc2ccccc2)[C@H]2C=C[C@@H]1C2. The van der Waals surface area contributed by atoms with Crippen molar-refractivity contribution in [2.24, 2.45) is 29.4 Å². The molecule has 3 unspecified atom stereocenters. The number of ether oxygens (including phenoxy) is 1. The molecule has 2 aromatic carbocycles. The summed E-state index contributed by atoms with van der Waals surface area (Å²) in [6, 6.07) is 15.3. The molecule has 2 aliphatic carbocycles. The maximum absolute atomic E-state index is 13.2. The van der Waals surface area contributed by atoms with Crippen molar-refractivity contribution in [3.05, 3.63) is 84.0 Å². The van der Waals surface area contributed by atoms with Crippen molar-refractivity contribution >= 4 is 23.6 Å². The Morgan fingerprint density at radius 3 is 2.40 bits per heavy atom. The van der Waals surface area contributed by atoms with Gasteiger partial charge < -0.3 is 20.7 Å². The van der Waals surface area contributed by atoms with Crippen LogP contribution < -0.4 is 16.0 Å². The van der Waals surface area contributed by atoms with Crippen molar-refractivity contribution in [3.63, 3.8) is 0 Å². The minimum absolute atomic E-state index is 0.0181. The molecule has 5 atom stereocenters. The van der Waals surface area contributed by atoms with E-state index in [1.807, 2.05) is 59.5 Å². The van der Waals surface area contributed by atoms with Crippen molar-refractivity contribution in [2.75, 3.05) is 50.8 Å². The quantitative estimate of drug-likeness (QED) is 0.392. The molecule has 1 saturated carbocycles. The molecule has 5 rings (SSSR count). The first-order chi connectivity index (χ1) is 20.2. The minimum atomic E-state index is -4.38. The molecule has 2 bridgehead atoms. The number of nitrogens with zero attached hydrogens (tertiary/aromatic N) is 2. The predicted molar refractivity (Wildman–Crippen MR) is 155 cm³/mol. The lowest BCUT2D eigenvalue weighted by Gasteiger charge is -2.37. The summed E-state index contributed by atoms with van der Waals surface area (Å²) < 4.78 is 45.8. The van der Waals surface area contributed by atoms with Gasteiger partial charge in [-0.2, -0.15) is 13.2 Å². The molecule has 224 valence electrons. The molecule has 2 fully saturated rings. The Bertz CT molecular complexity index is 1290. The molecule has 42 heavy (non-hydrogen) atoms. The van der Waals surface area contributed by atoms with Crippen molar-refractivity contribution in [2.45, 2.75) is 18.7 Å². The monoisotopic (exact) mass is 582 g/mol. The largest absolute Gasteiger partial charge is 0.416 e. The maximum atomic E-state index is 13.2. The highest BCUT2D eigenvalue weighted by atomic mass is 19.4. The van der Waals surface area contributed by atoms with E-state index in [9.17, 15) is 22.8 Å². The number of carbonyl (C=O) groups is 2. The number of hydrogen-bond acceptors (Lipinski definition) is 5. The van der Waals surface area contributed by atoms with Gasteiger partial charge >= 0.3 is 6.18 Å². The molecule has 0 spiro atoms. The predicted octanol–water partition coefficient (Wildman–Crippen LogP) is 3.97. The average Bonchev–Trinajstić information content (AvgIpc) is 3.61. The van der Waals surface area contributed by atoms with Crippen LogP contribution in [0.1, 0.15) is 17.5 Å². The number of rotatable bonds is 11. The fourth-order valence-electron chi connectivity index (χ4n) is 6.37. The molecular weight excluding hydrogens is 545 g/mol. The van der Waals surface area contributed by atoms with E-state index < -0.39 is 29.5 Å². The van der Waals surface area contributed by atoms with Gasteiger partial charge in [0.2, 0.25) is 11.8 Å². The summed E-state index contributed by atoms with van der Waals surface area (Å²) in [7, 11) is 0. The number of hydrogen-bond donors (Lipinski definition) is 2. The summed E-state index contributed by atoms with van der Waals surface area (Å²) in [6.07, 6.45) is 3.98. The van der Waals surface area contributed by atoms with Crippen LogP contribution in [0.15, 0.2) is 72.8 Å². The van der Waals surface area contributed by atoms with Gasteiger partial charge in [-0.3, -0.25) is 14.5 Å². The van der Waals surface area contributed by atoms with Gasteiger partial charge in [0, 0.05) is 45.0 Å². The van der Waals surface area contributed by atoms with E-state index in [-0.39, 0.29) is 30.4 Å². The lowest BCUT2D eigenvalue weighted by molar-refractivity contribution is -0.137. The van der Waals surface area contributed by atoms with Gasteiger partial charge in [0.25, 0.3) is 0 Å². The molecule has 0 radical (unpaired) electrons. The number of carbonyl (C=O) groups excluding carboxylic acids is 2. The molecule has 1 saturated heterocycles. The zero-order valence-corrected chi connectivity index (χ0v) is 23.4. The third-order valence-corrected chi connectivity index (χ3v) is 8.51. The Labute approximate surface area is 244 Å². The van der Waals surface area contributed by atoms with Gasteiger partial charge in [0.05, 0.1) is 30.1 Å². The van der Waals surface area contributed by atoms with Gasteiger partial charge in [-0.1, -0.05) is 60.7 Å². The number of nitrogens with one attached hydrogen (secondary N) is 1. The minimum Gasteiger partial charge on any atom is -0.371 e. The molecular formula is C32H37F3N4O3. The Balaban J connectivity index is 1.18. The number of alkyl halides is 3. The summed E-state index contributed by atoms with van der Waals surface area (Å²) >= 11 is 0. The Morgan fingerprint density at radius 2 is 1.71 bits per heavy atom. The molecule has 2 aromatic rings. The number of piperazine rings is 1. The van der Waals surface area contributed by atoms with Gasteiger partial charge in [-0.15, -0.1) is 0 Å². The van der Waals surface area contributed by atoms with Crippen LogP contribution in [0.5, 0.6) is 0 Å². The fraction of sp³-hybridized carbons (Fsp3) is 0.438. The molecule has 2 amide bonds. The maximum Gasteiger partial charge on any atom is 0.416 e. The van der Waals surface area contributed by atoms with Crippen molar-refractivity contribution < 1.29 is 27.5 Å². The van der Waals surface area contributed by atoms with Crippen LogP contribution in [0.4, 0.5) is 18.9 Å². The van der Waals surface area contributed by atoms with Crippen molar-refractivity contribution in [1.82, 2.24) is 10.2 Å². The number of primary amides is 1. The Hall–Kier alpha value is -3.63. The van der Waals surface area contributed by atoms with E-state index in [1.54, 1.807) is 6.07 Å². The summed E-state index contributed by atoms with van der Waals surface area (Å²) in [4.78, 5) is 29.5. The molecule has 3 aliphatic rings. The first-order valence-electron chi connectivity index (χ1n) is 14.4. The first kappa shape index (κ1) is 29.8. The highest BCUT2D eigenvalue weighted by Crippen LogP contribution is 2.47. The van der Waals surface area contributed by atoms with Gasteiger partial charge in [0.1, 0.15) is 0 Å². The van der Waals surface area contributed by atoms with Crippen molar-refractivity contribution in [3.8, 4) is 0 Å². The third kappa shape index (κ3) is 7.22. The number of fused-ring (bicyclic) bond motifs is 2. The summed E-state index contributed by atoms with van der Waals surface area (Å²) in [5.41, 5.74) is 6.61. The van der Waals surface area contributed by atoms with E-state index in [2.05, 4.69) is 10.2 Å². The van der Waals surface area contributed by atoms with Crippen LogP contribution >= 0.6 is 0 Å². The van der Waals surface area contributed by atoms with Gasteiger partial charge in [-0.25, -0.2) is 0 Å². The zero-order chi connectivity index (χ0) is 29.7. The van der Waals surface area contributed by atoms with Crippen LogP contribution in [0.25, 0.3) is 6.08 Å². The topological polar surface area (TPSA) is 87.9 Å². The molecule has 10 heteroatoms. The number of allylic oxidation sites excluding steroid dienone is 2. The molecule has 0 aromatic heterocycles. The van der Waals surface area contributed by atoms with E-state index in [1.165, 1.54) is 12.1 Å². The van der Waals surface area contributed by atoms with Gasteiger partial charge in [-0.05, 0) is 42.0 Å². The standard InChI is InChI=1S/C32H37F3N4O3/c33-32(34,35)25-9-4-10-26(19-25)39-15-13-38(14-16-39)21-27(42-17-5-8-22-6-2-1-3-7-22)20-37-31(41)29-24-12-11-23(18-24)28(29)30(36)40/h1-12,19,23-24,27-29H,13-18,20-21H2,(H2,36,40)(H,37,41)/t23-,24+,27?,28?,29?/m1/s1. The number of benzene rings is 2. The zero-order valence-electron chi connectivity index (χ0n) is 23.4. The molecule has 3 N–H and O–H groups in total. The lowest BCUT2D eigenvalue weighted by Crippen LogP contribution is -2.51. The van der Waals surface area contributed by atoms with E-state index in [0.717, 1.165) is 18.1 Å². The second-order valence-electron chi connectivity index (χ2n) is 11.3. The lowest BCUT2D eigenvalue weighted by atomic mass is 9.82. The Morgan fingerprint density at radius 1 is 1.00 bits per heavy atom. The highest BCUT2D eigenvalue weighted by Gasteiger charge is 2.50. The van der Waals surface area contributed by atoms with E-state index in [0.29, 0.717) is 45.0 Å². The second-order valence-corrected chi connectivity index (χ2v) is 11.3. The molecule has 1 aliphatic heterocycles. The average molecular weight is 583 g/mol. The smallest absolute Gasteiger partial charge is 0.371 e.